The molecule has 2 N–H and O–H groups in total. The number of carboxylic acids is 1. The number of hydrogen-bond acceptors (Lipinski definition) is 4. The molecule has 1 aliphatic heterocycles. The highest BCUT2D eigenvalue weighted by atomic mass is 16.5. The molecule has 0 spiro atoms. The van der Waals surface area contributed by atoms with Crippen LogP contribution in [-0.2, 0) is 9.59 Å². The molecule has 1 heterocycles. The minimum atomic E-state index is -0.958. The van der Waals surface area contributed by atoms with E-state index in [1.54, 1.807) is 24.3 Å². The van der Waals surface area contributed by atoms with Gasteiger partial charge in [-0.25, -0.2) is 4.79 Å². The number of fused-ring (bicyclic) bond motifs is 1. The summed E-state index contributed by atoms with van der Waals surface area (Å²) in [5.74, 6) is -0.970. The maximum atomic E-state index is 12.6. The summed E-state index contributed by atoms with van der Waals surface area (Å²) in [5, 5.41) is 12.1. The van der Waals surface area contributed by atoms with Crippen molar-refractivity contribution >= 4 is 17.8 Å². The van der Waals surface area contributed by atoms with Gasteiger partial charge in [0.05, 0.1) is 18.7 Å². The van der Waals surface area contributed by atoms with E-state index >= 15 is 0 Å². The molecular weight excluding hydrogens is 336 g/mol. The number of aliphatic carboxylic acids is 1. The molecule has 2 fully saturated rings. The van der Waals surface area contributed by atoms with E-state index in [1.807, 2.05) is 6.92 Å². The highest BCUT2D eigenvalue weighted by Crippen LogP contribution is 2.42. The van der Waals surface area contributed by atoms with Gasteiger partial charge < -0.3 is 20.1 Å². The lowest BCUT2D eigenvalue weighted by Crippen LogP contribution is -2.47. The van der Waals surface area contributed by atoms with Crippen molar-refractivity contribution in [3.8, 4) is 5.75 Å². The molecule has 1 aromatic rings. The van der Waals surface area contributed by atoms with E-state index in [0.29, 0.717) is 24.5 Å². The summed E-state index contributed by atoms with van der Waals surface area (Å²) in [7, 11) is 0. The number of likely N-dealkylation sites (tertiary alicyclic amines) is 1. The van der Waals surface area contributed by atoms with Gasteiger partial charge in [-0.15, -0.1) is 0 Å². The number of benzene rings is 1. The Bertz CT molecular complexity index is 705. The fraction of sp³-hybridized carbons (Fsp3) is 0.526. The second-order valence-corrected chi connectivity index (χ2v) is 6.80. The second kappa shape index (κ2) is 7.76. The zero-order valence-corrected chi connectivity index (χ0v) is 14.8. The molecule has 7 nitrogen and oxygen atoms in total. The van der Waals surface area contributed by atoms with Crippen molar-refractivity contribution in [2.24, 2.45) is 11.8 Å². The van der Waals surface area contributed by atoms with Crippen LogP contribution in [-0.4, -0.2) is 53.5 Å². The maximum Gasteiger partial charge on any atom is 0.326 e. The van der Waals surface area contributed by atoms with Gasteiger partial charge in [-0.2, -0.15) is 0 Å². The number of carbonyl (C=O) groups excluding carboxylic acids is 2. The van der Waals surface area contributed by atoms with Gasteiger partial charge >= 0.3 is 5.97 Å². The molecule has 140 valence electrons. The Labute approximate surface area is 152 Å². The molecule has 26 heavy (non-hydrogen) atoms. The monoisotopic (exact) mass is 360 g/mol. The topological polar surface area (TPSA) is 95.9 Å². The standard InChI is InChI=1S/C19H24N2O5/c1-2-26-15-9-4-3-7-14(15)18(23)20-10-16(22)21-11-12-6-5-8-13(12)17(21)19(24)25/h3-4,7,9,12-13,17H,2,5-6,8,10-11H2,1H3,(H,20,23)(H,24,25). The lowest BCUT2D eigenvalue weighted by atomic mass is 9.94. The predicted octanol–water partition coefficient (Wildman–Crippen LogP) is 1.53. The third-order valence-corrected chi connectivity index (χ3v) is 5.30. The van der Waals surface area contributed by atoms with Crippen LogP contribution in [0.25, 0.3) is 0 Å². The minimum Gasteiger partial charge on any atom is -0.493 e. The summed E-state index contributed by atoms with van der Waals surface area (Å²) in [4.78, 5) is 38.0. The Hall–Kier alpha value is -2.57. The molecule has 7 heteroatoms. The Balaban J connectivity index is 1.63. The summed E-state index contributed by atoms with van der Waals surface area (Å²) >= 11 is 0. The molecule has 2 aliphatic rings. The van der Waals surface area contributed by atoms with E-state index in [-0.39, 0.29) is 24.3 Å². The maximum absolute atomic E-state index is 12.6. The number of carbonyl (C=O) groups is 3. The van der Waals surface area contributed by atoms with E-state index in [2.05, 4.69) is 5.32 Å². The van der Waals surface area contributed by atoms with Crippen LogP contribution in [0.3, 0.4) is 0 Å². The highest BCUT2D eigenvalue weighted by molar-refractivity contribution is 5.99. The lowest BCUT2D eigenvalue weighted by molar-refractivity contribution is -0.149. The van der Waals surface area contributed by atoms with Gasteiger partial charge in [0.1, 0.15) is 11.8 Å². The number of nitrogens with zero attached hydrogens (tertiary/aromatic N) is 1. The molecule has 0 aromatic heterocycles. The van der Waals surface area contributed by atoms with Crippen LogP contribution >= 0.6 is 0 Å². The third-order valence-electron chi connectivity index (χ3n) is 5.30. The van der Waals surface area contributed by atoms with Gasteiger partial charge in [-0.1, -0.05) is 18.6 Å². The Kier molecular flexibility index (Phi) is 5.44. The number of hydrogen-bond donors (Lipinski definition) is 2. The van der Waals surface area contributed by atoms with Crippen LogP contribution in [0.15, 0.2) is 24.3 Å². The van der Waals surface area contributed by atoms with Crippen molar-refractivity contribution in [2.75, 3.05) is 19.7 Å². The number of nitrogens with one attached hydrogen (secondary N) is 1. The first-order valence-corrected chi connectivity index (χ1v) is 9.05. The van der Waals surface area contributed by atoms with Gasteiger partial charge in [0, 0.05) is 6.54 Å². The number of ether oxygens (including phenoxy) is 1. The number of carboxylic acid groups (broad SMARTS) is 1. The summed E-state index contributed by atoms with van der Waals surface area (Å²) in [6, 6.07) is 6.05. The number of amides is 2. The first-order valence-electron chi connectivity index (χ1n) is 9.05. The Morgan fingerprint density at radius 3 is 2.77 bits per heavy atom. The zero-order valence-electron chi connectivity index (χ0n) is 14.8. The van der Waals surface area contributed by atoms with Crippen molar-refractivity contribution in [2.45, 2.75) is 32.2 Å². The van der Waals surface area contributed by atoms with Crippen molar-refractivity contribution < 1.29 is 24.2 Å². The molecule has 1 saturated carbocycles. The fourth-order valence-corrected chi connectivity index (χ4v) is 4.17. The van der Waals surface area contributed by atoms with Crippen molar-refractivity contribution in [3.63, 3.8) is 0 Å². The zero-order chi connectivity index (χ0) is 18.7. The first kappa shape index (κ1) is 18.2. The third kappa shape index (κ3) is 3.52. The van der Waals surface area contributed by atoms with Crippen LogP contribution in [0.1, 0.15) is 36.5 Å². The van der Waals surface area contributed by atoms with Gasteiger partial charge in [0.2, 0.25) is 5.91 Å². The van der Waals surface area contributed by atoms with Gasteiger partial charge in [0.15, 0.2) is 0 Å². The van der Waals surface area contributed by atoms with Gasteiger partial charge in [0.25, 0.3) is 5.91 Å². The number of para-hydroxylation sites is 1. The molecular formula is C19H24N2O5. The SMILES string of the molecule is CCOc1ccccc1C(=O)NCC(=O)N1CC2CCCC2C1C(=O)O. The molecule has 1 saturated heterocycles. The molecule has 3 atom stereocenters. The first-order chi connectivity index (χ1) is 12.5. The molecule has 3 unspecified atom stereocenters. The van der Waals surface area contributed by atoms with E-state index < -0.39 is 17.9 Å². The highest BCUT2D eigenvalue weighted by Gasteiger charge is 2.49. The molecule has 2 amide bonds. The minimum absolute atomic E-state index is 0.0332. The van der Waals surface area contributed by atoms with Gasteiger partial charge in [-0.05, 0) is 43.7 Å². The Morgan fingerprint density at radius 2 is 2.04 bits per heavy atom. The number of rotatable bonds is 6. The van der Waals surface area contributed by atoms with E-state index in [9.17, 15) is 19.5 Å². The molecule has 1 aliphatic carbocycles. The van der Waals surface area contributed by atoms with E-state index in [0.717, 1.165) is 19.3 Å². The van der Waals surface area contributed by atoms with Crippen molar-refractivity contribution in [1.82, 2.24) is 10.2 Å². The smallest absolute Gasteiger partial charge is 0.326 e. The van der Waals surface area contributed by atoms with Crippen LogP contribution in [0, 0.1) is 11.8 Å². The van der Waals surface area contributed by atoms with Crippen LogP contribution < -0.4 is 10.1 Å². The van der Waals surface area contributed by atoms with Crippen molar-refractivity contribution in [1.29, 1.82) is 0 Å². The molecule has 0 bridgehead atoms. The summed E-state index contributed by atoms with van der Waals surface area (Å²) in [6.45, 7) is 2.50. The van der Waals surface area contributed by atoms with Crippen LogP contribution in [0.4, 0.5) is 0 Å². The average molecular weight is 360 g/mol. The fourth-order valence-electron chi connectivity index (χ4n) is 4.17. The normalized spacial score (nSPS) is 24.2. The quantitative estimate of drug-likeness (QED) is 0.802. The van der Waals surface area contributed by atoms with E-state index in [1.165, 1.54) is 4.90 Å². The average Bonchev–Trinajstić information content (AvgIpc) is 3.20. The summed E-state index contributed by atoms with van der Waals surface area (Å²) in [5.41, 5.74) is 0.357. The molecule has 3 rings (SSSR count). The van der Waals surface area contributed by atoms with Crippen LogP contribution in [0.5, 0.6) is 5.75 Å². The summed E-state index contributed by atoms with van der Waals surface area (Å²) in [6.07, 6.45) is 2.83. The lowest BCUT2D eigenvalue weighted by Gasteiger charge is -2.24. The predicted molar refractivity (Wildman–Crippen MR) is 93.9 cm³/mol. The van der Waals surface area contributed by atoms with Crippen LogP contribution in [0.2, 0.25) is 0 Å². The van der Waals surface area contributed by atoms with Gasteiger partial charge in [-0.3, -0.25) is 9.59 Å². The van der Waals surface area contributed by atoms with Crippen molar-refractivity contribution in [3.05, 3.63) is 29.8 Å². The van der Waals surface area contributed by atoms with E-state index in [4.69, 9.17) is 4.74 Å². The molecule has 0 radical (unpaired) electrons. The Morgan fingerprint density at radius 1 is 1.27 bits per heavy atom. The summed E-state index contributed by atoms with van der Waals surface area (Å²) < 4.78 is 5.43. The largest absolute Gasteiger partial charge is 0.493 e. The second-order valence-electron chi connectivity index (χ2n) is 6.80. The molecule has 1 aromatic carbocycles.